The zero-order valence-electron chi connectivity index (χ0n) is 17.2. The van der Waals surface area contributed by atoms with E-state index < -0.39 is 18.5 Å². The first kappa shape index (κ1) is 21.0. The zero-order valence-corrected chi connectivity index (χ0v) is 18.0. The van der Waals surface area contributed by atoms with Crippen LogP contribution in [-0.2, 0) is 33.7 Å². The van der Waals surface area contributed by atoms with Crippen LogP contribution in [0.3, 0.4) is 0 Å². The summed E-state index contributed by atoms with van der Waals surface area (Å²) >= 11 is 1.59. The van der Waals surface area contributed by atoms with Crippen LogP contribution in [0.15, 0.2) is 35.4 Å². The van der Waals surface area contributed by atoms with E-state index in [1.165, 1.54) is 22.9 Å². The maximum Gasteiger partial charge on any atom is 0.308 e. The van der Waals surface area contributed by atoms with Gasteiger partial charge in [-0.25, -0.2) is 4.98 Å². The standard InChI is InChI=1S/C22H23N3O5S/c1-29-16-8-4-3-7-15(16)24-18(26)12-30-19(27)10-11-25-13-23-21-20(22(25)28)14-6-2-5-9-17(14)31-21/h3-4,7-8,13H,2,5-6,9-12H2,1H3,(H,24,26). The van der Waals surface area contributed by atoms with Gasteiger partial charge in [0.15, 0.2) is 6.61 Å². The highest BCUT2D eigenvalue weighted by Crippen LogP contribution is 2.33. The topological polar surface area (TPSA) is 99.5 Å². The number of anilines is 1. The molecule has 1 N–H and O–H groups in total. The third-order valence-electron chi connectivity index (χ3n) is 5.24. The molecule has 8 nitrogen and oxygen atoms in total. The van der Waals surface area contributed by atoms with Crippen molar-refractivity contribution in [2.45, 2.75) is 38.6 Å². The number of hydrogen-bond donors (Lipinski definition) is 1. The zero-order chi connectivity index (χ0) is 21.8. The quantitative estimate of drug-likeness (QED) is 0.566. The molecule has 0 bridgehead atoms. The van der Waals surface area contributed by atoms with Crippen molar-refractivity contribution < 1.29 is 19.1 Å². The number of methoxy groups -OCH3 is 1. The Hall–Kier alpha value is -3.20. The molecule has 0 unspecified atom stereocenters. The molecule has 2 aromatic heterocycles. The molecule has 4 rings (SSSR count). The Kier molecular flexibility index (Phi) is 6.31. The molecule has 2 heterocycles. The molecule has 0 aliphatic heterocycles. The van der Waals surface area contributed by atoms with Crippen LogP contribution in [0.4, 0.5) is 5.69 Å². The maximum absolute atomic E-state index is 12.9. The van der Waals surface area contributed by atoms with Crippen molar-refractivity contribution in [3.05, 3.63) is 51.4 Å². The van der Waals surface area contributed by atoms with Gasteiger partial charge in [0, 0.05) is 11.4 Å². The number of hydrogen-bond acceptors (Lipinski definition) is 7. The highest BCUT2D eigenvalue weighted by molar-refractivity contribution is 7.18. The van der Waals surface area contributed by atoms with Crippen molar-refractivity contribution in [1.29, 1.82) is 0 Å². The molecule has 162 valence electrons. The van der Waals surface area contributed by atoms with Crippen LogP contribution >= 0.6 is 11.3 Å². The van der Waals surface area contributed by atoms with Crippen LogP contribution in [0.1, 0.15) is 29.7 Å². The van der Waals surface area contributed by atoms with Crippen LogP contribution in [0, 0.1) is 0 Å². The second kappa shape index (κ2) is 9.30. The minimum absolute atomic E-state index is 0.0264. The molecule has 9 heteroatoms. The Morgan fingerprint density at radius 2 is 2.03 bits per heavy atom. The van der Waals surface area contributed by atoms with Gasteiger partial charge in [-0.1, -0.05) is 12.1 Å². The number of rotatable bonds is 7. The van der Waals surface area contributed by atoms with Crippen molar-refractivity contribution in [2.75, 3.05) is 19.0 Å². The number of carbonyl (C=O) groups excluding carboxylic acids is 2. The lowest BCUT2D eigenvalue weighted by Crippen LogP contribution is -2.24. The van der Waals surface area contributed by atoms with Gasteiger partial charge in [0.2, 0.25) is 0 Å². The lowest BCUT2D eigenvalue weighted by Gasteiger charge is -2.11. The fourth-order valence-corrected chi connectivity index (χ4v) is 4.92. The molecule has 31 heavy (non-hydrogen) atoms. The minimum Gasteiger partial charge on any atom is -0.495 e. The summed E-state index contributed by atoms with van der Waals surface area (Å²) in [6, 6.07) is 6.96. The summed E-state index contributed by atoms with van der Waals surface area (Å²) in [4.78, 5) is 43.5. The lowest BCUT2D eigenvalue weighted by molar-refractivity contribution is -0.147. The lowest BCUT2D eigenvalue weighted by atomic mass is 9.97. The SMILES string of the molecule is COc1ccccc1NC(=O)COC(=O)CCn1cnc2sc3c(c2c1=O)CCCC3. The van der Waals surface area contributed by atoms with Gasteiger partial charge in [-0.05, 0) is 43.4 Å². The average Bonchev–Trinajstić information content (AvgIpc) is 3.17. The van der Waals surface area contributed by atoms with E-state index in [-0.39, 0.29) is 18.5 Å². The average molecular weight is 442 g/mol. The number of ether oxygens (including phenoxy) is 2. The molecule has 1 aliphatic rings. The predicted molar refractivity (Wildman–Crippen MR) is 118 cm³/mol. The molecule has 0 radical (unpaired) electrons. The van der Waals surface area contributed by atoms with Crippen molar-refractivity contribution in [3.63, 3.8) is 0 Å². The third kappa shape index (κ3) is 4.61. The Balaban J connectivity index is 1.33. The predicted octanol–water partition coefficient (Wildman–Crippen LogP) is 2.92. The van der Waals surface area contributed by atoms with E-state index in [4.69, 9.17) is 9.47 Å². The number of aromatic nitrogens is 2. The Morgan fingerprint density at radius 1 is 1.23 bits per heavy atom. The van der Waals surface area contributed by atoms with Crippen LogP contribution in [0.5, 0.6) is 5.75 Å². The summed E-state index contributed by atoms with van der Waals surface area (Å²) in [6.45, 7) is -0.263. The smallest absolute Gasteiger partial charge is 0.308 e. The Labute approximate surface area is 182 Å². The minimum atomic E-state index is -0.561. The van der Waals surface area contributed by atoms with E-state index in [2.05, 4.69) is 10.3 Å². The largest absolute Gasteiger partial charge is 0.495 e. The number of nitrogens with one attached hydrogen (secondary N) is 1. The number of thiophene rings is 1. The number of esters is 1. The number of para-hydroxylation sites is 2. The summed E-state index contributed by atoms with van der Waals surface area (Å²) in [5.74, 6) is -0.516. The molecule has 1 aromatic carbocycles. The Morgan fingerprint density at radius 3 is 2.87 bits per heavy atom. The molecular weight excluding hydrogens is 418 g/mol. The van der Waals surface area contributed by atoms with Gasteiger partial charge in [-0.15, -0.1) is 11.3 Å². The summed E-state index contributed by atoms with van der Waals surface area (Å²) in [7, 11) is 1.51. The number of benzene rings is 1. The van der Waals surface area contributed by atoms with Crippen LogP contribution < -0.4 is 15.6 Å². The van der Waals surface area contributed by atoms with E-state index in [0.717, 1.165) is 36.1 Å². The van der Waals surface area contributed by atoms with Crippen LogP contribution in [0.2, 0.25) is 0 Å². The molecule has 0 saturated heterocycles. The van der Waals surface area contributed by atoms with E-state index in [0.29, 0.717) is 16.8 Å². The maximum atomic E-state index is 12.9. The molecular formula is C22H23N3O5S. The van der Waals surface area contributed by atoms with Crippen molar-refractivity contribution in [3.8, 4) is 5.75 Å². The molecule has 1 amide bonds. The van der Waals surface area contributed by atoms with Gasteiger partial charge < -0.3 is 14.8 Å². The fraction of sp³-hybridized carbons (Fsp3) is 0.364. The third-order valence-corrected chi connectivity index (χ3v) is 6.44. The molecule has 0 fully saturated rings. The first-order valence-corrected chi connectivity index (χ1v) is 11.0. The molecule has 3 aromatic rings. The van der Waals surface area contributed by atoms with E-state index in [1.54, 1.807) is 35.6 Å². The van der Waals surface area contributed by atoms with E-state index >= 15 is 0 Å². The number of amides is 1. The summed E-state index contributed by atoms with van der Waals surface area (Å²) in [5.41, 5.74) is 1.50. The summed E-state index contributed by atoms with van der Waals surface area (Å²) in [6.07, 6.45) is 5.58. The first-order valence-electron chi connectivity index (χ1n) is 10.1. The highest BCUT2D eigenvalue weighted by atomic mass is 32.1. The van der Waals surface area contributed by atoms with Crippen molar-refractivity contribution in [1.82, 2.24) is 9.55 Å². The summed E-state index contributed by atoms with van der Waals surface area (Å²) < 4.78 is 11.7. The molecule has 0 spiro atoms. The molecule has 1 aliphatic carbocycles. The van der Waals surface area contributed by atoms with Crippen molar-refractivity contribution in [2.24, 2.45) is 0 Å². The van der Waals surface area contributed by atoms with E-state index in [1.807, 2.05) is 0 Å². The van der Waals surface area contributed by atoms with Gasteiger partial charge in [-0.3, -0.25) is 19.0 Å². The van der Waals surface area contributed by atoms with Crippen LogP contribution in [-0.4, -0.2) is 35.1 Å². The normalized spacial score (nSPS) is 12.9. The fourth-order valence-electron chi connectivity index (χ4n) is 3.70. The first-order chi connectivity index (χ1) is 15.1. The number of aryl methyl sites for hydroxylation is 3. The van der Waals surface area contributed by atoms with Crippen LogP contribution in [0.25, 0.3) is 10.2 Å². The molecule has 0 atom stereocenters. The summed E-state index contributed by atoms with van der Waals surface area (Å²) in [5, 5.41) is 3.33. The van der Waals surface area contributed by atoms with Gasteiger partial charge in [0.25, 0.3) is 11.5 Å². The Bertz CT molecular complexity index is 1180. The van der Waals surface area contributed by atoms with Gasteiger partial charge >= 0.3 is 5.97 Å². The number of carbonyl (C=O) groups is 2. The second-order valence-electron chi connectivity index (χ2n) is 7.29. The van der Waals surface area contributed by atoms with Gasteiger partial charge in [0.1, 0.15) is 10.6 Å². The second-order valence-corrected chi connectivity index (χ2v) is 8.38. The van der Waals surface area contributed by atoms with Crippen molar-refractivity contribution >= 4 is 39.1 Å². The number of nitrogens with zero attached hydrogens (tertiary/aromatic N) is 2. The highest BCUT2D eigenvalue weighted by Gasteiger charge is 2.20. The monoisotopic (exact) mass is 441 g/mol. The number of fused-ring (bicyclic) bond motifs is 3. The van der Waals surface area contributed by atoms with Gasteiger partial charge in [-0.2, -0.15) is 0 Å². The molecule has 0 saturated carbocycles. The van der Waals surface area contributed by atoms with Gasteiger partial charge in [0.05, 0.1) is 30.9 Å². The van der Waals surface area contributed by atoms with E-state index in [9.17, 15) is 14.4 Å².